The first-order valence-corrected chi connectivity index (χ1v) is 3.91. The third-order valence-corrected chi connectivity index (χ3v) is 2.26. The van der Waals surface area contributed by atoms with Crippen LogP contribution < -0.4 is 0 Å². The number of aliphatic hydroxyl groups excluding tert-OH is 1. The van der Waals surface area contributed by atoms with Gasteiger partial charge in [-0.15, -0.1) is 0 Å². The van der Waals surface area contributed by atoms with Crippen LogP contribution in [0.5, 0.6) is 0 Å². The first kappa shape index (κ1) is 9.48. The van der Waals surface area contributed by atoms with Crippen LogP contribution in [-0.4, -0.2) is 37.5 Å². The van der Waals surface area contributed by atoms with E-state index < -0.39 is 6.10 Å². The summed E-state index contributed by atoms with van der Waals surface area (Å²) in [7, 11) is 1.31. The molecule has 0 amide bonds. The lowest BCUT2D eigenvalue weighted by Gasteiger charge is -2.41. The van der Waals surface area contributed by atoms with Crippen molar-refractivity contribution in [1.29, 1.82) is 0 Å². The highest BCUT2D eigenvalue weighted by Gasteiger charge is 2.41. The molecular weight excluding hydrogens is 160 g/mol. The normalized spacial score (nSPS) is 22.6. The maximum absolute atomic E-state index is 10.8. The highest BCUT2D eigenvalue weighted by molar-refractivity contribution is 5.69. The van der Waals surface area contributed by atoms with Crippen molar-refractivity contribution in [2.75, 3.05) is 20.3 Å². The van der Waals surface area contributed by atoms with Crippen molar-refractivity contribution in [2.24, 2.45) is 5.41 Å². The summed E-state index contributed by atoms with van der Waals surface area (Å²) in [6, 6.07) is 0. The minimum atomic E-state index is -0.654. The lowest BCUT2D eigenvalue weighted by atomic mass is 9.81. The molecule has 1 aliphatic heterocycles. The Morgan fingerprint density at radius 3 is 2.67 bits per heavy atom. The van der Waals surface area contributed by atoms with Crippen LogP contribution in [0.4, 0.5) is 0 Å². The van der Waals surface area contributed by atoms with Gasteiger partial charge in [-0.1, -0.05) is 6.92 Å². The molecule has 0 aromatic rings. The van der Waals surface area contributed by atoms with Crippen LogP contribution in [-0.2, 0) is 14.3 Å². The van der Waals surface area contributed by atoms with E-state index in [0.717, 1.165) is 0 Å². The van der Waals surface area contributed by atoms with Gasteiger partial charge in [0.15, 0.2) is 0 Å². The Hall–Kier alpha value is -0.610. The molecule has 1 heterocycles. The average molecular weight is 174 g/mol. The highest BCUT2D eigenvalue weighted by Crippen LogP contribution is 2.32. The fraction of sp³-hybridized carbons (Fsp3) is 0.875. The number of carbonyl (C=O) groups excluding carboxylic acids is 1. The Bertz CT molecular complexity index is 174. The van der Waals surface area contributed by atoms with Crippen molar-refractivity contribution < 1.29 is 19.4 Å². The molecule has 1 saturated heterocycles. The topological polar surface area (TPSA) is 55.8 Å². The summed E-state index contributed by atoms with van der Waals surface area (Å²) in [5.74, 6) is -0.379. The second-order valence-electron chi connectivity index (χ2n) is 3.44. The van der Waals surface area contributed by atoms with Crippen LogP contribution >= 0.6 is 0 Å². The molecule has 12 heavy (non-hydrogen) atoms. The SMILES string of the molecule is COC(=O)C[C@H](O)C1(C)COC1. The van der Waals surface area contributed by atoms with Gasteiger partial charge in [-0.3, -0.25) is 4.79 Å². The van der Waals surface area contributed by atoms with Crippen LogP contribution in [0, 0.1) is 5.41 Å². The van der Waals surface area contributed by atoms with Crippen LogP contribution in [0.1, 0.15) is 13.3 Å². The van der Waals surface area contributed by atoms with Gasteiger partial charge in [0.2, 0.25) is 0 Å². The molecule has 0 aliphatic carbocycles. The van der Waals surface area contributed by atoms with E-state index in [1.54, 1.807) is 0 Å². The molecule has 4 nitrogen and oxygen atoms in total. The Labute approximate surface area is 71.5 Å². The van der Waals surface area contributed by atoms with Gasteiger partial charge in [0.25, 0.3) is 0 Å². The second-order valence-corrected chi connectivity index (χ2v) is 3.44. The van der Waals surface area contributed by atoms with Crippen LogP contribution in [0.15, 0.2) is 0 Å². The summed E-state index contributed by atoms with van der Waals surface area (Å²) in [5, 5.41) is 9.55. The van der Waals surface area contributed by atoms with E-state index in [9.17, 15) is 9.90 Å². The van der Waals surface area contributed by atoms with E-state index in [1.807, 2.05) is 6.92 Å². The van der Waals surface area contributed by atoms with Crippen molar-refractivity contribution in [1.82, 2.24) is 0 Å². The molecule has 4 heteroatoms. The zero-order valence-electron chi connectivity index (χ0n) is 7.37. The average Bonchev–Trinajstić information content (AvgIpc) is 1.99. The van der Waals surface area contributed by atoms with Crippen LogP contribution in [0.2, 0.25) is 0 Å². The van der Waals surface area contributed by atoms with Gasteiger partial charge in [0.05, 0.1) is 32.8 Å². The largest absolute Gasteiger partial charge is 0.469 e. The number of hydrogen-bond acceptors (Lipinski definition) is 4. The van der Waals surface area contributed by atoms with Gasteiger partial charge in [-0.2, -0.15) is 0 Å². The first-order valence-electron chi connectivity index (χ1n) is 3.91. The third kappa shape index (κ3) is 1.76. The molecule has 1 aliphatic rings. The maximum atomic E-state index is 10.8. The van der Waals surface area contributed by atoms with E-state index in [0.29, 0.717) is 13.2 Å². The molecule has 0 radical (unpaired) electrons. The van der Waals surface area contributed by atoms with E-state index >= 15 is 0 Å². The minimum Gasteiger partial charge on any atom is -0.469 e. The summed E-state index contributed by atoms with van der Waals surface area (Å²) in [4.78, 5) is 10.8. The van der Waals surface area contributed by atoms with Gasteiger partial charge in [0.1, 0.15) is 0 Å². The number of aliphatic hydroxyl groups is 1. The molecule has 0 spiro atoms. The predicted octanol–water partition coefficient (Wildman–Crippen LogP) is -0.0531. The molecule has 1 fully saturated rings. The van der Waals surface area contributed by atoms with Gasteiger partial charge < -0.3 is 14.6 Å². The lowest BCUT2D eigenvalue weighted by molar-refractivity contribution is -0.172. The number of carbonyl (C=O) groups is 1. The van der Waals surface area contributed by atoms with E-state index in [4.69, 9.17) is 4.74 Å². The Kier molecular flexibility index (Phi) is 2.69. The monoisotopic (exact) mass is 174 g/mol. The number of esters is 1. The van der Waals surface area contributed by atoms with Gasteiger partial charge in [-0.05, 0) is 0 Å². The molecular formula is C8H14O4. The summed E-state index contributed by atoms with van der Waals surface area (Å²) in [6.07, 6.45) is -0.602. The second kappa shape index (κ2) is 3.41. The zero-order valence-corrected chi connectivity index (χ0v) is 7.37. The van der Waals surface area contributed by atoms with E-state index in [2.05, 4.69) is 4.74 Å². The van der Waals surface area contributed by atoms with Crippen molar-refractivity contribution in [2.45, 2.75) is 19.4 Å². The zero-order chi connectivity index (χ0) is 9.19. The van der Waals surface area contributed by atoms with Crippen LogP contribution in [0.3, 0.4) is 0 Å². The summed E-state index contributed by atoms with van der Waals surface area (Å²) < 4.78 is 9.41. The standard InChI is InChI=1S/C8H14O4/c1-8(4-12-5-8)6(9)3-7(10)11-2/h6,9H,3-5H2,1-2H3/t6-/m0/s1. The van der Waals surface area contributed by atoms with Crippen LogP contribution in [0.25, 0.3) is 0 Å². The van der Waals surface area contributed by atoms with E-state index in [1.165, 1.54) is 7.11 Å². The highest BCUT2D eigenvalue weighted by atomic mass is 16.5. The summed E-state index contributed by atoms with van der Waals surface area (Å²) >= 11 is 0. The van der Waals surface area contributed by atoms with Gasteiger partial charge in [-0.25, -0.2) is 0 Å². The minimum absolute atomic E-state index is 0.0519. The lowest BCUT2D eigenvalue weighted by Crippen LogP contribution is -2.49. The Morgan fingerprint density at radius 2 is 2.33 bits per heavy atom. The summed E-state index contributed by atoms with van der Waals surface area (Å²) in [6.45, 7) is 2.93. The fourth-order valence-corrected chi connectivity index (χ4v) is 1.10. The van der Waals surface area contributed by atoms with Crippen molar-refractivity contribution in [3.63, 3.8) is 0 Å². The molecule has 0 saturated carbocycles. The Balaban J connectivity index is 2.37. The predicted molar refractivity (Wildman–Crippen MR) is 41.6 cm³/mol. The quantitative estimate of drug-likeness (QED) is 0.609. The third-order valence-electron chi connectivity index (χ3n) is 2.26. The fourth-order valence-electron chi connectivity index (χ4n) is 1.10. The smallest absolute Gasteiger partial charge is 0.308 e. The maximum Gasteiger partial charge on any atom is 0.308 e. The number of methoxy groups -OCH3 is 1. The molecule has 70 valence electrons. The van der Waals surface area contributed by atoms with Crippen molar-refractivity contribution >= 4 is 5.97 Å². The molecule has 1 atom stereocenters. The molecule has 1 rings (SSSR count). The molecule has 0 aromatic heterocycles. The van der Waals surface area contributed by atoms with Crippen molar-refractivity contribution in [3.8, 4) is 0 Å². The Morgan fingerprint density at radius 1 is 1.75 bits per heavy atom. The number of rotatable bonds is 3. The molecule has 0 unspecified atom stereocenters. The number of hydrogen-bond donors (Lipinski definition) is 1. The number of ether oxygens (including phenoxy) is 2. The van der Waals surface area contributed by atoms with Gasteiger partial charge in [0, 0.05) is 5.41 Å². The summed E-state index contributed by atoms with van der Waals surface area (Å²) in [5.41, 5.74) is -0.256. The van der Waals surface area contributed by atoms with Crippen molar-refractivity contribution in [3.05, 3.63) is 0 Å². The first-order chi connectivity index (χ1) is 5.58. The molecule has 1 N–H and O–H groups in total. The van der Waals surface area contributed by atoms with E-state index in [-0.39, 0.29) is 17.8 Å². The molecule has 0 bridgehead atoms. The van der Waals surface area contributed by atoms with Gasteiger partial charge >= 0.3 is 5.97 Å². The molecule has 0 aromatic carbocycles.